The van der Waals surface area contributed by atoms with E-state index in [1.54, 1.807) is 0 Å². The van der Waals surface area contributed by atoms with E-state index in [2.05, 4.69) is 11.2 Å². The molecule has 0 aliphatic heterocycles. The molecule has 0 saturated heterocycles. The topological polar surface area (TPSA) is 116 Å². The molecule has 0 aliphatic rings. The Balaban J connectivity index is 0. The standard InChI is InChI=1S/C8H9NO.C2H6N2O.H2O/c1-7(10)9-8-5-3-2-4-6-8;1-2(5)4-3;/h2-6H,1H3,(H,9,10);3H2,1H3,(H,4,5);1H2. The molecule has 1 rings (SSSR count). The molecule has 6 heteroatoms. The van der Waals surface area contributed by atoms with E-state index in [0.717, 1.165) is 5.69 Å². The Morgan fingerprint density at radius 2 is 1.50 bits per heavy atom. The van der Waals surface area contributed by atoms with Crippen molar-refractivity contribution in [3.8, 4) is 0 Å². The third-order valence-electron chi connectivity index (χ3n) is 1.30. The molecule has 0 atom stereocenters. The predicted molar refractivity (Wildman–Crippen MR) is 62.4 cm³/mol. The van der Waals surface area contributed by atoms with Crippen molar-refractivity contribution in [1.29, 1.82) is 0 Å². The van der Waals surface area contributed by atoms with E-state index in [0.29, 0.717) is 0 Å². The van der Waals surface area contributed by atoms with Crippen LogP contribution in [0.4, 0.5) is 5.69 Å². The lowest BCUT2D eigenvalue weighted by Crippen LogP contribution is -2.26. The molecule has 6 nitrogen and oxygen atoms in total. The van der Waals surface area contributed by atoms with Crippen LogP contribution in [0.15, 0.2) is 30.3 Å². The number of benzene rings is 1. The van der Waals surface area contributed by atoms with Crippen molar-refractivity contribution >= 4 is 17.5 Å². The fourth-order valence-corrected chi connectivity index (χ4v) is 0.725. The van der Waals surface area contributed by atoms with Crippen LogP contribution in [0.1, 0.15) is 13.8 Å². The lowest BCUT2D eigenvalue weighted by Gasteiger charge is -1.98. The molecule has 1 aromatic rings. The Hall–Kier alpha value is -1.92. The average molecular weight is 227 g/mol. The summed E-state index contributed by atoms with van der Waals surface area (Å²) in [5.74, 6) is 4.32. The van der Waals surface area contributed by atoms with Gasteiger partial charge in [0.05, 0.1) is 0 Å². The molecule has 0 aromatic heterocycles. The molecule has 6 N–H and O–H groups in total. The fourth-order valence-electron chi connectivity index (χ4n) is 0.725. The van der Waals surface area contributed by atoms with Gasteiger partial charge in [-0.15, -0.1) is 0 Å². The number of nitrogens with two attached hydrogens (primary N) is 1. The number of carbonyl (C=O) groups excluding carboxylic acids is 2. The van der Waals surface area contributed by atoms with Gasteiger partial charge in [-0.05, 0) is 12.1 Å². The van der Waals surface area contributed by atoms with Gasteiger partial charge in [-0.1, -0.05) is 18.2 Å². The van der Waals surface area contributed by atoms with Gasteiger partial charge in [0.1, 0.15) is 0 Å². The number of carbonyl (C=O) groups is 2. The smallest absolute Gasteiger partial charge is 0.230 e. The second kappa shape index (κ2) is 9.63. The van der Waals surface area contributed by atoms with Crippen molar-refractivity contribution in [2.45, 2.75) is 13.8 Å². The van der Waals surface area contributed by atoms with E-state index < -0.39 is 0 Å². The highest BCUT2D eigenvalue weighted by molar-refractivity contribution is 5.88. The molecule has 2 amide bonds. The Morgan fingerprint density at radius 3 is 1.81 bits per heavy atom. The normalized spacial score (nSPS) is 7.69. The molecule has 0 fully saturated rings. The number of rotatable bonds is 1. The highest BCUT2D eigenvalue weighted by Gasteiger charge is 1.90. The van der Waals surface area contributed by atoms with Crippen molar-refractivity contribution in [2.24, 2.45) is 5.84 Å². The van der Waals surface area contributed by atoms with Crippen molar-refractivity contribution in [3.63, 3.8) is 0 Å². The number of para-hydroxylation sites is 1. The summed E-state index contributed by atoms with van der Waals surface area (Å²) in [4.78, 5) is 20.1. The average Bonchev–Trinajstić information content (AvgIpc) is 2.19. The van der Waals surface area contributed by atoms with Crippen molar-refractivity contribution < 1.29 is 15.1 Å². The van der Waals surface area contributed by atoms with Crippen LogP contribution in [0.25, 0.3) is 0 Å². The Morgan fingerprint density at radius 1 is 1.06 bits per heavy atom. The summed E-state index contributed by atoms with van der Waals surface area (Å²) < 4.78 is 0. The van der Waals surface area contributed by atoms with Crippen LogP contribution in [0.5, 0.6) is 0 Å². The summed E-state index contributed by atoms with van der Waals surface area (Å²) in [5, 5.41) is 2.67. The molecule has 1 aromatic carbocycles. The summed E-state index contributed by atoms with van der Waals surface area (Å²) in [6.45, 7) is 2.84. The second-order valence-electron chi connectivity index (χ2n) is 2.75. The first-order chi connectivity index (χ1) is 7.06. The first-order valence-electron chi connectivity index (χ1n) is 4.36. The lowest BCUT2D eigenvalue weighted by atomic mass is 10.3. The van der Waals surface area contributed by atoms with Crippen LogP contribution in [-0.4, -0.2) is 17.3 Å². The van der Waals surface area contributed by atoms with Gasteiger partial charge >= 0.3 is 0 Å². The SMILES string of the molecule is CC(=O)NN.CC(=O)Nc1ccccc1.O. The highest BCUT2D eigenvalue weighted by atomic mass is 16.2. The summed E-state index contributed by atoms with van der Waals surface area (Å²) in [6.07, 6.45) is 0. The van der Waals surface area contributed by atoms with Gasteiger partial charge in [0, 0.05) is 19.5 Å². The van der Waals surface area contributed by atoms with Crippen LogP contribution >= 0.6 is 0 Å². The molecule has 0 spiro atoms. The van der Waals surface area contributed by atoms with E-state index >= 15 is 0 Å². The molecule has 90 valence electrons. The zero-order chi connectivity index (χ0) is 11.7. The minimum absolute atomic E-state index is 0. The number of hydrogen-bond acceptors (Lipinski definition) is 3. The minimum atomic E-state index is -0.218. The maximum atomic E-state index is 10.5. The zero-order valence-corrected chi connectivity index (χ0v) is 9.28. The molecular formula is C10H17N3O3. The molecule has 0 heterocycles. The van der Waals surface area contributed by atoms with Crippen molar-refractivity contribution in [1.82, 2.24) is 5.43 Å². The summed E-state index contributed by atoms with van der Waals surface area (Å²) in [6, 6.07) is 9.37. The fraction of sp³-hybridized carbons (Fsp3) is 0.200. The van der Waals surface area contributed by atoms with Gasteiger partial charge in [0.15, 0.2) is 0 Å². The van der Waals surface area contributed by atoms with Crippen LogP contribution in [-0.2, 0) is 9.59 Å². The molecular weight excluding hydrogens is 210 g/mol. The van der Waals surface area contributed by atoms with E-state index in [9.17, 15) is 9.59 Å². The van der Waals surface area contributed by atoms with Crippen molar-refractivity contribution in [3.05, 3.63) is 30.3 Å². The number of hydrogen-bond donors (Lipinski definition) is 3. The summed E-state index contributed by atoms with van der Waals surface area (Å²) in [7, 11) is 0. The van der Waals surface area contributed by atoms with Gasteiger partial charge in [-0.2, -0.15) is 0 Å². The Bertz CT molecular complexity index is 314. The molecule has 0 bridgehead atoms. The number of nitrogens with one attached hydrogen (secondary N) is 2. The quantitative estimate of drug-likeness (QED) is 0.351. The van der Waals surface area contributed by atoms with Crippen LogP contribution in [0.2, 0.25) is 0 Å². The van der Waals surface area contributed by atoms with Gasteiger partial charge in [0.2, 0.25) is 11.8 Å². The maximum absolute atomic E-state index is 10.5. The summed E-state index contributed by atoms with van der Waals surface area (Å²) >= 11 is 0. The lowest BCUT2D eigenvalue weighted by molar-refractivity contribution is -0.119. The van der Waals surface area contributed by atoms with Crippen LogP contribution in [0, 0.1) is 0 Å². The van der Waals surface area contributed by atoms with Crippen molar-refractivity contribution in [2.75, 3.05) is 5.32 Å². The first kappa shape index (κ1) is 16.5. The van der Waals surface area contributed by atoms with Gasteiger partial charge in [-0.25, -0.2) is 5.84 Å². The molecule has 0 saturated carbocycles. The Labute approximate surface area is 94.1 Å². The largest absolute Gasteiger partial charge is 0.412 e. The molecule has 16 heavy (non-hydrogen) atoms. The van der Waals surface area contributed by atoms with Crippen LogP contribution < -0.4 is 16.6 Å². The third kappa shape index (κ3) is 10.2. The summed E-state index contributed by atoms with van der Waals surface area (Å²) in [5.41, 5.74) is 2.73. The maximum Gasteiger partial charge on any atom is 0.230 e. The van der Waals surface area contributed by atoms with Crippen LogP contribution in [0.3, 0.4) is 0 Å². The number of hydrazine groups is 1. The third-order valence-corrected chi connectivity index (χ3v) is 1.30. The van der Waals surface area contributed by atoms with E-state index in [1.807, 2.05) is 35.8 Å². The minimum Gasteiger partial charge on any atom is -0.412 e. The monoisotopic (exact) mass is 227 g/mol. The van der Waals surface area contributed by atoms with E-state index in [1.165, 1.54) is 13.8 Å². The zero-order valence-electron chi connectivity index (χ0n) is 9.28. The first-order valence-corrected chi connectivity index (χ1v) is 4.36. The number of amides is 2. The molecule has 0 unspecified atom stereocenters. The predicted octanol–water partition coefficient (Wildman–Crippen LogP) is -0.184. The Kier molecular flexibility index (Phi) is 9.93. The second-order valence-corrected chi connectivity index (χ2v) is 2.75. The highest BCUT2D eigenvalue weighted by Crippen LogP contribution is 2.03. The van der Waals surface area contributed by atoms with Gasteiger partial charge in [0.25, 0.3) is 0 Å². The van der Waals surface area contributed by atoms with E-state index in [4.69, 9.17) is 0 Å². The molecule has 0 aliphatic carbocycles. The van der Waals surface area contributed by atoms with E-state index in [-0.39, 0.29) is 17.3 Å². The van der Waals surface area contributed by atoms with Gasteiger partial charge in [-0.3, -0.25) is 15.0 Å². The van der Waals surface area contributed by atoms with Gasteiger partial charge < -0.3 is 10.8 Å². The molecule has 0 radical (unpaired) electrons. The number of anilines is 1.